The third kappa shape index (κ3) is 8.72. The van der Waals surface area contributed by atoms with Crippen molar-refractivity contribution in [1.29, 1.82) is 0 Å². The molecule has 0 rings (SSSR count). The molecule has 0 saturated heterocycles. The standard InChI is InChI=1S/C14H24O3/c1-4-8-13(10-7-12-15)9-5-6-11-14(2,16)17-3/h4,7-8,10,12,15-16H,5-6,9,11H2,1-3H3/b8-4-,12-7+,13-10+. The number of methoxy groups -OCH3 is 1. The average Bonchev–Trinajstić information content (AvgIpc) is 2.31. The van der Waals surface area contributed by atoms with Crippen molar-refractivity contribution in [3.05, 3.63) is 36.1 Å². The number of allylic oxidation sites excluding steroid dienone is 5. The van der Waals surface area contributed by atoms with Gasteiger partial charge in [0.1, 0.15) is 0 Å². The minimum absolute atomic E-state index is 0.627. The van der Waals surface area contributed by atoms with Crippen LogP contribution in [0.3, 0.4) is 0 Å². The molecule has 0 aromatic rings. The van der Waals surface area contributed by atoms with Crippen molar-refractivity contribution in [3.8, 4) is 0 Å². The van der Waals surface area contributed by atoms with Crippen LogP contribution in [0.15, 0.2) is 36.1 Å². The number of aliphatic hydroxyl groups is 2. The summed E-state index contributed by atoms with van der Waals surface area (Å²) in [4.78, 5) is 0. The third-order valence-electron chi connectivity index (χ3n) is 2.57. The molecule has 1 unspecified atom stereocenters. The first-order chi connectivity index (χ1) is 8.05. The molecule has 0 aromatic heterocycles. The van der Waals surface area contributed by atoms with Crippen molar-refractivity contribution < 1.29 is 14.9 Å². The van der Waals surface area contributed by atoms with E-state index in [9.17, 15) is 5.11 Å². The van der Waals surface area contributed by atoms with Crippen LogP contribution in [-0.4, -0.2) is 23.1 Å². The lowest BCUT2D eigenvalue weighted by Crippen LogP contribution is -2.25. The Kier molecular flexibility index (Phi) is 8.46. The molecule has 0 aliphatic carbocycles. The highest BCUT2D eigenvalue weighted by molar-refractivity contribution is 5.22. The number of aliphatic hydroxyl groups excluding tert-OH is 1. The molecule has 3 nitrogen and oxygen atoms in total. The predicted octanol–water partition coefficient (Wildman–Crippen LogP) is 3.48. The van der Waals surface area contributed by atoms with Crippen LogP contribution in [0.25, 0.3) is 0 Å². The van der Waals surface area contributed by atoms with Crippen LogP contribution in [0.5, 0.6) is 0 Å². The van der Waals surface area contributed by atoms with E-state index >= 15 is 0 Å². The minimum Gasteiger partial charge on any atom is -0.516 e. The molecule has 2 N–H and O–H groups in total. The smallest absolute Gasteiger partial charge is 0.162 e. The van der Waals surface area contributed by atoms with Crippen LogP contribution in [0.4, 0.5) is 0 Å². The number of hydrogen-bond acceptors (Lipinski definition) is 3. The van der Waals surface area contributed by atoms with Gasteiger partial charge in [-0.3, -0.25) is 0 Å². The minimum atomic E-state index is -1.02. The molecule has 0 aromatic carbocycles. The second-order valence-corrected chi connectivity index (χ2v) is 4.17. The summed E-state index contributed by atoms with van der Waals surface area (Å²) in [5, 5.41) is 18.2. The van der Waals surface area contributed by atoms with Crippen LogP contribution in [0.2, 0.25) is 0 Å². The first-order valence-electron chi connectivity index (χ1n) is 5.96. The van der Waals surface area contributed by atoms with Crippen LogP contribution in [0.1, 0.15) is 39.5 Å². The van der Waals surface area contributed by atoms with E-state index in [1.165, 1.54) is 7.11 Å². The molecule has 0 aliphatic heterocycles. The molecule has 98 valence electrons. The van der Waals surface area contributed by atoms with E-state index in [0.29, 0.717) is 6.42 Å². The topological polar surface area (TPSA) is 49.7 Å². The summed E-state index contributed by atoms with van der Waals surface area (Å²) in [6.45, 7) is 3.64. The Morgan fingerprint density at radius 1 is 1.35 bits per heavy atom. The van der Waals surface area contributed by atoms with Crippen molar-refractivity contribution in [1.82, 2.24) is 0 Å². The molecular formula is C14H24O3. The molecule has 0 fully saturated rings. The van der Waals surface area contributed by atoms with Gasteiger partial charge in [0.15, 0.2) is 5.79 Å². The molecule has 0 saturated carbocycles. The zero-order valence-corrected chi connectivity index (χ0v) is 11.0. The Morgan fingerprint density at radius 2 is 2.06 bits per heavy atom. The Hall–Kier alpha value is -1.06. The molecule has 0 bridgehead atoms. The van der Waals surface area contributed by atoms with Gasteiger partial charge in [-0.05, 0) is 44.8 Å². The highest BCUT2D eigenvalue weighted by atomic mass is 16.6. The maximum absolute atomic E-state index is 9.64. The van der Waals surface area contributed by atoms with E-state index in [2.05, 4.69) is 0 Å². The highest BCUT2D eigenvalue weighted by Gasteiger charge is 2.17. The summed E-state index contributed by atoms with van der Waals surface area (Å²) < 4.78 is 4.94. The maximum atomic E-state index is 9.64. The Bertz CT molecular complexity index is 275. The van der Waals surface area contributed by atoms with Gasteiger partial charge in [0.25, 0.3) is 0 Å². The summed E-state index contributed by atoms with van der Waals surface area (Å²) in [5.74, 6) is -1.02. The van der Waals surface area contributed by atoms with E-state index in [-0.39, 0.29) is 0 Å². The van der Waals surface area contributed by atoms with E-state index < -0.39 is 5.79 Å². The summed E-state index contributed by atoms with van der Waals surface area (Å²) in [6, 6.07) is 0. The van der Waals surface area contributed by atoms with E-state index in [0.717, 1.165) is 31.1 Å². The molecule has 1 atom stereocenters. The monoisotopic (exact) mass is 240 g/mol. The lowest BCUT2D eigenvalue weighted by atomic mass is 10.0. The molecule has 17 heavy (non-hydrogen) atoms. The Balaban J connectivity index is 3.99. The van der Waals surface area contributed by atoms with Crippen LogP contribution >= 0.6 is 0 Å². The summed E-state index contributed by atoms with van der Waals surface area (Å²) in [6.07, 6.45) is 12.0. The van der Waals surface area contributed by atoms with Crippen LogP contribution in [-0.2, 0) is 4.74 Å². The normalized spacial score (nSPS) is 16.8. The molecule has 0 amide bonds. The Labute approximate surface area is 104 Å². The summed E-state index contributed by atoms with van der Waals surface area (Å²) in [7, 11) is 1.51. The van der Waals surface area contributed by atoms with Gasteiger partial charge in [0, 0.05) is 13.5 Å². The fourth-order valence-corrected chi connectivity index (χ4v) is 1.49. The van der Waals surface area contributed by atoms with Crippen molar-refractivity contribution in [2.24, 2.45) is 0 Å². The summed E-state index contributed by atoms with van der Waals surface area (Å²) in [5.41, 5.74) is 1.16. The second-order valence-electron chi connectivity index (χ2n) is 4.17. The first-order valence-corrected chi connectivity index (χ1v) is 5.96. The molecule has 3 heteroatoms. The first kappa shape index (κ1) is 15.9. The van der Waals surface area contributed by atoms with Gasteiger partial charge < -0.3 is 14.9 Å². The summed E-state index contributed by atoms with van der Waals surface area (Å²) >= 11 is 0. The molecule has 0 heterocycles. The second kappa shape index (κ2) is 9.02. The van der Waals surface area contributed by atoms with E-state index in [4.69, 9.17) is 9.84 Å². The SMILES string of the molecule is C\C=C/C(=C\C=C\O)CCCCC(C)(O)OC. The van der Waals surface area contributed by atoms with Crippen molar-refractivity contribution in [2.45, 2.75) is 45.3 Å². The quantitative estimate of drug-likeness (QED) is 0.295. The fourth-order valence-electron chi connectivity index (χ4n) is 1.49. The van der Waals surface area contributed by atoms with Crippen LogP contribution < -0.4 is 0 Å². The van der Waals surface area contributed by atoms with Gasteiger partial charge in [-0.1, -0.05) is 18.2 Å². The van der Waals surface area contributed by atoms with Gasteiger partial charge in [-0.2, -0.15) is 0 Å². The number of rotatable bonds is 8. The van der Waals surface area contributed by atoms with E-state index in [1.807, 2.05) is 25.2 Å². The lowest BCUT2D eigenvalue weighted by Gasteiger charge is -2.20. The van der Waals surface area contributed by atoms with Gasteiger partial charge in [-0.15, -0.1) is 0 Å². The maximum Gasteiger partial charge on any atom is 0.162 e. The van der Waals surface area contributed by atoms with Crippen molar-refractivity contribution in [2.75, 3.05) is 7.11 Å². The zero-order chi connectivity index (χ0) is 13.1. The number of unbranched alkanes of at least 4 members (excludes halogenated alkanes) is 1. The number of hydrogen-bond donors (Lipinski definition) is 2. The molecule has 0 radical (unpaired) electrons. The lowest BCUT2D eigenvalue weighted by molar-refractivity contribution is -0.175. The Morgan fingerprint density at radius 3 is 2.59 bits per heavy atom. The molecule has 0 spiro atoms. The third-order valence-corrected chi connectivity index (χ3v) is 2.57. The zero-order valence-electron chi connectivity index (χ0n) is 11.0. The predicted molar refractivity (Wildman–Crippen MR) is 70.8 cm³/mol. The van der Waals surface area contributed by atoms with Gasteiger partial charge in [0.05, 0.1) is 6.26 Å². The van der Waals surface area contributed by atoms with E-state index in [1.54, 1.807) is 13.0 Å². The average molecular weight is 240 g/mol. The molecule has 0 aliphatic rings. The van der Waals surface area contributed by atoms with Gasteiger partial charge in [-0.25, -0.2) is 0 Å². The van der Waals surface area contributed by atoms with Gasteiger partial charge >= 0.3 is 0 Å². The molecular weight excluding hydrogens is 216 g/mol. The van der Waals surface area contributed by atoms with Crippen molar-refractivity contribution in [3.63, 3.8) is 0 Å². The van der Waals surface area contributed by atoms with Crippen LogP contribution in [0, 0.1) is 0 Å². The number of ether oxygens (including phenoxy) is 1. The fraction of sp³-hybridized carbons (Fsp3) is 0.571. The van der Waals surface area contributed by atoms with Crippen molar-refractivity contribution >= 4 is 0 Å². The highest BCUT2D eigenvalue weighted by Crippen LogP contribution is 2.17. The largest absolute Gasteiger partial charge is 0.516 e. The van der Waals surface area contributed by atoms with Gasteiger partial charge in [0.2, 0.25) is 0 Å².